The molecule has 2 heterocycles. The van der Waals surface area contributed by atoms with Crippen LogP contribution in [0.1, 0.15) is 17.8 Å². The molecule has 0 spiro atoms. The van der Waals surface area contributed by atoms with Gasteiger partial charge in [-0.2, -0.15) is 0 Å². The number of aliphatic imine (C=N–C) groups is 1. The molecule has 1 amide bonds. The Morgan fingerprint density at radius 2 is 2.28 bits per heavy atom. The van der Waals surface area contributed by atoms with Crippen molar-refractivity contribution in [2.24, 2.45) is 10.9 Å². The van der Waals surface area contributed by atoms with E-state index in [1.165, 1.54) is 0 Å². The van der Waals surface area contributed by atoms with Gasteiger partial charge in [0.1, 0.15) is 5.92 Å². The minimum atomic E-state index is -0.287. The lowest BCUT2D eigenvalue weighted by molar-refractivity contribution is -0.131. The second-order valence-corrected chi connectivity index (χ2v) is 5.77. The maximum atomic E-state index is 12.3. The lowest BCUT2D eigenvalue weighted by atomic mass is 9.91. The van der Waals surface area contributed by atoms with Crippen LogP contribution in [0.3, 0.4) is 0 Å². The third-order valence-electron chi connectivity index (χ3n) is 2.90. The van der Waals surface area contributed by atoms with E-state index in [1.807, 2.05) is 24.4 Å². The van der Waals surface area contributed by atoms with Crippen molar-refractivity contribution in [1.29, 1.82) is 0 Å². The molecule has 0 bridgehead atoms. The maximum Gasteiger partial charge on any atom is 0.233 e. The number of nitrogens with zero attached hydrogens (tertiary/aromatic N) is 2. The van der Waals surface area contributed by atoms with Crippen LogP contribution in [0.15, 0.2) is 22.5 Å². The zero-order chi connectivity index (χ0) is 13.3. The zero-order valence-electron chi connectivity index (χ0n) is 10.5. The number of rotatable bonds is 2. The summed E-state index contributed by atoms with van der Waals surface area (Å²) in [6.45, 7) is 1.86. The van der Waals surface area contributed by atoms with E-state index in [4.69, 9.17) is 12.2 Å². The Hall–Kier alpha value is -1.27. The Balaban J connectivity index is 2.40. The van der Waals surface area contributed by atoms with Crippen molar-refractivity contribution >= 4 is 40.3 Å². The third-order valence-corrected chi connectivity index (χ3v) is 4.06. The van der Waals surface area contributed by atoms with E-state index >= 15 is 0 Å². The summed E-state index contributed by atoms with van der Waals surface area (Å²) < 4.78 is 0. The first-order chi connectivity index (χ1) is 8.50. The summed E-state index contributed by atoms with van der Waals surface area (Å²) in [5, 5.41) is 5.59. The molecule has 0 aliphatic carbocycles. The molecule has 1 aromatic rings. The highest BCUT2D eigenvalue weighted by molar-refractivity contribution is 7.80. The molecule has 96 valence electrons. The van der Waals surface area contributed by atoms with Crippen molar-refractivity contribution < 1.29 is 4.79 Å². The van der Waals surface area contributed by atoms with Crippen molar-refractivity contribution in [3.8, 4) is 0 Å². The number of amides is 1. The van der Waals surface area contributed by atoms with E-state index in [2.05, 4.69) is 10.3 Å². The summed E-state index contributed by atoms with van der Waals surface area (Å²) in [7, 11) is 3.52. The molecule has 2 atom stereocenters. The summed E-state index contributed by atoms with van der Waals surface area (Å²) in [5.74, 6) is -0.241. The predicted octanol–water partition coefficient (Wildman–Crippen LogP) is 1.84. The van der Waals surface area contributed by atoms with Gasteiger partial charge in [-0.3, -0.25) is 4.79 Å². The second-order valence-electron chi connectivity index (χ2n) is 4.41. The van der Waals surface area contributed by atoms with Gasteiger partial charge in [-0.05, 0) is 30.6 Å². The van der Waals surface area contributed by atoms with Crippen LogP contribution < -0.4 is 5.32 Å². The number of thiophene rings is 1. The molecule has 6 heteroatoms. The van der Waals surface area contributed by atoms with Crippen molar-refractivity contribution in [2.75, 3.05) is 14.1 Å². The van der Waals surface area contributed by atoms with Gasteiger partial charge in [0.15, 0.2) is 5.11 Å². The van der Waals surface area contributed by atoms with Gasteiger partial charge in [0.2, 0.25) is 5.91 Å². The molecule has 1 aromatic heterocycles. The minimum Gasteiger partial charge on any atom is -0.352 e. The first kappa shape index (κ1) is 13.2. The molecular formula is C12H15N3OS2. The Labute approximate surface area is 116 Å². The molecule has 0 fully saturated rings. The Kier molecular flexibility index (Phi) is 3.77. The van der Waals surface area contributed by atoms with Crippen LogP contribution >= 0.6 is 23.6 Å². The average molecular weight is 281 g/mol. The predicted molar refractivity (Wildman–Crippen MR) is 78.1 cm³/mol. The molecule has 0 saturated heterocycles. The SMILES string of the molecule is CC1=NC(=S)NC(c2cccs2)C1C(=O)N(C)C. The van der Waals surface area contributed by atoms with Gasteiger partial charge in [-0.25, -0.2) is 4.99 Å². The highest BCUT2D eigenvalue weighted by atomic mass is 32.1. The van der Waals surface area contributed by atoms with Crippen LogP contribution in [0.5, 0.6) is 0 Å². The summed E-state index contributed by atoms with van der Waals surface area (Å²) in [6.07, 6.45) is 0. The number of thiocarbonyl (C=S) groups is 1. The number of hydrogen-bond acceptors (Lipinski definition) is 3. The van der Waals surface area contributed by atoms with Gasteiger partial charge in [0, 0.05) is 24.7 Å². The highest BCUT2D eigenvalue weighted by Crippen LogP contribution is 2.30. The van der Waals surface area contributed by atoms with Crippen LogP contribution in [-0.2, 0) is 4.79 Å². The number of carbonyl (C=O) groups excluding carboxylic acids is 1. The fourth-order valence-electron chi connectivity index (χ4n) is 2.02. The van der Waals surface area contributed by atoms with Gasteiger partial charge in [-0.1, -0.05) is 6.07 Å². The molecule has 4 nitrogen and oxygen atoms in total. The molecule has 2 rings (SSSR count). The van der Waals surface area contributed by atoms with Crippen LogP contribution in [0, 0.1) is 5.92 Å². The van der Waals surface area contributed by atoms with Gasteiger partial charge in [0.25, 0.3) is 0 Å². The van der Waals surface area contributed by atoms with Crippen molar-refractivity contribution in [3.05, 3.63) is 22.4 Å². The molecule has 0 saturated carbocycles. The molecular weight excluding hydrogens is 266 g/mol. The molecule has 1 aliphatic rings. The van der Waals surface area contributed by atoms with E-state index in [1.54, 1.807) is 30.3 Å². The number of carbonyl (C=O) groups is 1. The van der Waals surface area contributed by atoms with Crippen LogP contribution in [-0.4, -0.2) is 35.7 Å². The summed E-state index contributed by atoms with van der Waals surface area (Å²) >= 11 is 6.74. The van der Waals surface area contributed by atoms with E-state index in [0.717, 1.165) is 10.6 Å². The largest absolute Gasteiger partial charge is 0.352 e. The first-order valence-electron chi connectivity index (χ1n) is 5.61. The van der Waals surface area contributed by atoms with Gasteiger partial charge >= 0.3 is 0 Å². The average Bonchev–Trinajstić information content (AvgIpc) is 2.80. The molecule has 1 aliphatic heterocycles. The van der Waals surface area contributed by atoms with Crippen molar-refractivity contribution in [2.45, 2.75) is 13.0 Å². The lowest BCUT2D eigenvalue weighted by Crippen LogP contribution is -2.46. The third kappa shape index (κ3) is 2.44. The normalized spacial score (nSPS) is 23.3. The molecule has 0 radical (unpaired) electrons. The van der Waals surface area contributed by atoms with E-state index < -0.39 is 0 Å². The molecule has 1 N–H and O–H groups in total. The van der Waals surface area contributed by atoms with E-state index in [0.29, 0.717) is 5.11 Å². The lowest BCUT2D eigenvalue weighted by Gasteiger charge is -2.32. The standard InChI is InChI=1S/C12H15N3OS2/c1-7-9(11(16)15(2)3)10(14-12(17)13-7)8-5-4-6-18-8/h4-6,9-10H,1-3H3,(H,14,17). The topological polar surface area (TPSA) is 44.7 Å². The fourth-order valence-corrected chi connectivity index (χ4v) is 3.11. The highest BCUT2D eigenvalue weighted by Gasteiger charge is 2.36. The fraction of sp³-hybridized carbons (Fsp3) is 0.417. The zero-order valence-corrected chi connectivity index (χ0v) is 12.1. The first-order valence-corrected chi connectivity index (χ1v) is 6.89. The molecule has 2 unspecified atom stereocenters. The Morgan fingerprint density at radius 3 is 2.83 bits per heavy atom. The summed E-state index contributed by atoms with van der Waals surface area (Å²) in [6, 6.07) is 3.88. The maximum absolute atomic E-state index is 12.3. The van der Waals surface area contributed by atoms with Crippen LogP contribution in [0.4, 0.5) is 0 Å². The number of nitrogens with one attached hydrogen (secondary N) is 1. The van der Waals surface area contributed by atoms with Gasteiger partial charge in [0.05, 0.1) is 6.04 Å². The van der Waals surface area contributed by atoms with Gasteiger partial charge in [-0.15, -0.1) is 11.3 Å². The molecule has 0 aromatic carbocycles. The minimum absolute atomic E-state index is 0.0460. The van der Waals surface area contributed by atoms with Crippen molar-refractivity contribution in [1.82, 2.24) is 10.2 Å². The monoisotopic (exact) mass is 281 g/mol. The number of hydrogen-bond donors (Lipinski definition) is 1. The Morgan fingerprint density at radius 1 is 1.56 bits per heavy atom. The van der Waals surface area contributed by atoms with E-state index in [9.17, 15) is 4.79 Å². The van der Waals surface area contributed by atoms with E-state index in [-0.39, 0.29) is 17.9 Å². The smallest absolute Gasteiger partial charge is 0.233 e. The van der Waals surface area contributed by atoms with Crippen LogP contribution in [0.2, 0.25) is 0 Å². The molecule has 18 heavy (non-hydrogen) atoms. The quantitative estimate of drug-likeness (QED) is 0.841. The second kappa shape index (κ2) is 5.16. The summed E-state index contributed by atoms with van der Waals surface area (Å²) in [5.41, 5.74) is 0.774. The van der Waals surface area contributed by atoms with Crippen LogP contribution in [0.25, 0.3) is 0 Å². The van der Waals surface area contributed by atoms with Crippen molar-refractivity contribution in [3.63, 3.8) is 0 Å². The Bertz CT molecular complexity index is 493. The summed E-state index contributed by atoms with van der Waals surface area (Å²) in [4.78, 5) is 19.2. The van der Waals surface area contributed by atoms with Gasteiger partial charge < -0.3 is 10.2 Å².